The summed E-state index contributed by atoms with van der Waals surface area (Å²) >= 11 is 5.81. The minimum atomic E-state index is -3.52. The third-order valence-electron chi connectivity index (χ3n) is 4.74. The Bertz CT molecular complexity index is 922. The van der Waals surface area contributed by atoms with Crippen molar-refractivity contribution in [1.82, 2.24) is 24.2 Å². The second-order valence-electron chi connectivity index (χ2n) is 6.54. The standard InChI is InChI=1S/C16H18ClN5O3S/c17-12-3-5-15(6-4-12)26(24,25)21-10-14(11-21)22-9-13(18-19-22)8-20-7-1-2-16(20)23/h3-6,9,14H,1-2,7-8,10-11H2. The largest absolute Gasteiger partial charge is 0.337 e. The van der Waals surface area contributed by atoms with E-state index in [-0.39, 0.29) is 16.8 Å². The first-order valence-corrected chi connectivity index (χ1v) is 10.2. The molecule has 0 bridgehead atoms. The molecule has 0 saturated carbocycles. The molecule has 2 aromatic rings. The number of carbonyl (C=O) groups is 1. The monoisotopic (exact) mass is 395 g/mol. The maximum atomic E-state index is 12.6. The van der Waals surface area contributed by atoms with E-state index in [9.17, 15) is 13.2 Å². The van der Waals surface area contributed by atoms with E-state index in [1.807, 2.05) is 0 Å². The van der Waals surface area contributed by atoms with Gasteiger partial charge < -0.3 is 4.90 Å². The number of sulfonamides is 1. The van der Waals surface area contributed by atoms with Gasteiger partial charge >= 0.3 is 0 Å². The summed E-state index contributed by atoms with van der Waals surface area (Å²) < 4.78 is 28.2. The summed E-state index contributed by atoms with van der Waals surface area (Å²) in [5.74, 6) is 0.142. The van der Waals surface area contributed by atoms with Crippen molar-refractivity contribution in [1.29, 1.82) is 0 Å². The molecule has 0 aliphatic carbocycles. The number of halogens is 1. The third-order valence-corrected chi connectivity index (χ3v) is 6.83. The van der Waals surface area contributed by atoms with Crippen LogP contribution in [0.2, 0.25) is 5.02 Å². The van der Waals surface area contributed by atoms with Gasteiger partial charge in [0.1, 0.15) is 5.69 Å². The molecule has 0 radical (unpaired) electrons. The molecule has 8 nitrogen and oxygen atoms in total. The van der Waals surface area contributed by atoms with Crippen LogP contribution in [0.3, 0.4) is 0 Å². The minimum Gasteiger partial charge on any atom is -0.337 e. The van der Waals surface area contributed by atoms with E-state index < -0.39 is 10.0 Å². The Morgan fingerprint density at radius 3 is 2.58 bits per heavy atom. The molecule has 4 rings (SSSR count). The number of hydrogen-bond donors (Lipinski definition) is 0. The predicted molar refractivity (Wildman–Crippen MR) is 93.9 cm³/mol. The summed E-state index contributed by atoms with van der Waals surface area (Å²) in [6.45, 7) is 1.90. The van der Waals surface area contributed by atoms with E-state index in [0.29, 0.717) is 31.1 Å². The highest BCUT2D eigenvalue weighted by Gasteiger charge is 2.38. The van der Waals surface area contributed by atoms with Crippen LogP contribution in [0.15, 0.2) is 35.4 Å². The second kappa shape index (κ2) is 6.64. The molecule has 1 aromatic heterocycles. The van der Waals surface area contributed by atoms with E-state index in [4.69, 9.17) is 11.6 Å². The summed E-state index contributed by atoms with van der Waals surface area (Å²) in [6, 6.07) is 6.09. The van der Waals surface area contributed by atoms with Gasteiger partial charge in [-0.2, -0.15) is 4.31 Å². The van der Waals surface area contributed by atoms with E-state index in [1.165, 1.54) is 16.4 Å². The van der Waals surface area contributed by atoms with Crippen molar-refractivity contribution >= 4 is 27.5 Å². The van der Waals surface area contributed by atoms with Crippen LogP contribution in [0.5, 0.6) is 0 Å². The molecule has 2 fully saturated rings. The van der Waals surface area contributed by atoms with Crippen molar-refractivity contribution in [3.05, 3.63) is 41.2 Å². The van der Waals surface area contributed by atoms with Gasteiger partial charge in [0.2, 0.25) is 15.9 Å². The molecule has 138 valence electrons. The molecule has 2 saturated heterocycles. The Labute approximate surface area is 156 Å². The number of nitrogens with zero attached hydrogens (tertiary/aromatic N) is 5. The zero-order valence-corrected chi connectivity index (χ0v) is 15.5. The molecule has 0 spiro atoms. The number of hydrogen-bond acceptors (Lipinski definition) is 5. The summed E-state index contributed by atoms with van der Waals surface area (Å²) in [5.41, 5.74) is 0.722. The fraction of sp³-hybridized carbons (Fsp3) is 0.438. The SMILES string of the molecule is O=C1CCCN1Cc1cn(C2CN(S(=O)(=O)c3ccc(Cl)cc3)C2)nn1. The smallest absolute Gasteiger partial charge is 0.243 e. The fourth-order valence-corrected chi connectivity index (χ4v) is 4.81. The average molecular weight is 396 g/mol. The number of carbonyl (C=O) groups excluding carboxylic acids is 1. The highest BCUT2D eigenvalue weighted by molar-refractivity contribution is 7.89. The summed E-state index contributed by atoms with van der Waals surface area (Å²) in [7, 11) is -3.52. The fourth-order valence-electron chi connectivity index (χ4n) is 3.17. The van der Waals surface area contributed by atoms with Crippen LogP contribution in [0, 0.1) is 0 Å². The molecule has 2 aliphatic heterocycles. The molecule has 3 heterocycles. The predicted octanol–water partition coefficient (Wildman–Crippen LogP) is 1.30. The molecule has 0 atom stereocenters. The van der Waals surface area contributed by atoms with Gasteiger partial charge in [-0.3, -0.25) is 4.79 Å². The lowest BCUT2D eigenvalue weighted by atomic mass is 10.2. The first kappa shape index (κ1) is 17.4. The van der Waals surface area contributed by atoms with Crippen LogP contribution in [0.4, 0.5) is 0 Å². The van der Waals surface area contributed by atoms with Gasteiger partial charge in [-0.05, 0) is 30.7 Å². The van der Waals surface area contributed by atoms with Crippen LogP contribution < -0.4 is 0 Å². The van der Waals surface area contributed by atoms with Crippen LogP contribution in [0.25, 0.3) is 0 Å². The van der Waals surface area contributed by atoms with Gasteiger partial charge in [-0.15, -0.1) is 5.10 Å². The van der Waals surface area contributed by atoms with E-state index in [0.717, 1.165) is 18.7 Å². The van der Waals surface area contributed by atoms with Crippen LogP contribution in [-0.2, 0) is 21.4 Å². The van der Waals surface area contributed by atoms with Gasteiger partial charge in [0, 0.05) is 31.1 Å². The Morgan fingerprint density at radius 2 is 1.92 bits per heavy atom. The number of amides is 1. The topological polar surface area (TPSA) is 88.4 Å². The molecular weight excluding hydrogens is 378 g/mol. The van der Waals surface area contributed by atoms with Crippen LogP contribution in [0.1, 0.15) is 24.6 Å². The molecule has 2 aliphatic rings. The lowest BCUT2D eigenvalue weighted by Gasteiger charge is -2.37. The molecule has 10 heteroatoms. The molecule has 1 amide bonds. The molecule has 26 heavy (non-hydrogen) atoms. The van der Waals surface area contributed by atoms with Crippen molar-refractivity contribution in [2.75, 3.05) is 19.6 Å². The number of benzene rings is 1. The maximum Gasteiger partial charge on any atom is 0.243 e. The Morgan fingerprint density at radius 1 is 1.19 bits per heavy atom. The maximum absolute atomic E-state index is 12.6. The zero-order chi connectivity index (χ0) is 18.3. The number of aromatic nitrogens is 3. The lowest BCUT2D eigenvalue weighted by molar-refractivity contribution is -0.128. The van der Waals surface area contributed by atoms with Crippen LogP contribution in [-0.4, -0.2) is 58.2 Å². The number of likely N-dealkylation sites (tertiary alicyclic amines) is 1. The highest BCUT2D eigenvalue weighted by atomic mass is 35.5. The number of rotatable bonds is 5. The van der Waals surface area contributed by atoms with Crippen molar-refractivity contribution < 1.29 is 13.2 Å². The van der Waals surface area contributed by atoms with E-state index >= 15 is 0 Å². The second-order valence-corrected chi connectivity index (χ2v) is 8.91. The zero-order valence-electron chi connectivity index (χ0n) is 14.0. The van der Waals surface area contributed by atoms with Gasteiger partial charge in [-0.1, -0.05) is 16.8 Å². The third kappa shape index (κ3) is 3.22. The lowest BCUT2D eigenvalue weighted by Crippen LogP contribution is -2.50. The van der Waals surface area contributed by atoms with E-state index in [2.05, 4.69) is 10.3 Å². The highest BCUT2D eigenvalue weighted by Crippen LogP contribution is 2.28. The van der Waals surface area contributed by atoms with Gasteiger partial charge in [0.15, 0.2) is 0 Å². The van der Waals surface area contributed by atoms with Crippen molar-refractivity contribution in [2.24, 2.45) is 0 Å². The first-order valence-electron chi connectivity index (χ1n) is 8.38. The Hall–Kier alpha value is -1.97. The summed E-state index contributed by atoms with van der Waals surface area (Å²) in [5, 5.41) is 8.70. The average Bonchev–Trinajstić information content (AvgIpc) is 3.16. The summed E-state index contributed by atoms with van der Waals surface area (Å²) in [6.07, 6.45) is 3.27. The summed E-state index contributed by atoms with van der Waals surface area (Å²) in [4.78, 5) is 13.7. The van der Waals surface area contributed by atoms with Gasteiger partial charge in [0.05, 0.1) is 23.7 Å². The van der Waals surface area contributed by atoms with E-state index in [1.54, 1.807) is 27.9 Å². The first-order chi connectivity index (χ1) is 12.4. The van der Waals surface area contributed by atoms with Crippen LogP contribution >= 0.6 is 11.6 Å². The van der Waals surface area contributed by atoms with Gasteiger partial charge in [-0.25, -0.2) is 13.1 Å². The Balaban J connectivity index is 1.39. The quantitative estimate of drug-likeness (QED) is 0.761. The van der Waals surface area contributed by atoms with Crippen molar-refractivity contribution in [3.63, 3.8) is 0 Å². The van der Waals surface area contributed by atoms with Crippen molar-refractivity contribution in [3.8, 4) is 0 Å². The normalized spacial score (nSPS) is 19.1. The van der Waals surface area contributed by atoms with Crippen molar-refractivity contribution in [2.45, 2.75) is 30.3 Å². The Kier molecular flexibility index (Phi) is 4.45. The van der Waals surface area contributed by atoms with Gasteiger partial charge in [0.25, 0.3) is 0 Å². The molecule has 1 aromatic carbocycles. The minimum absolute atomic E-state index is 0.0485. The molecular formula is C16H18ClN5O3S. The molecule has 0 unspecified atom stereocenters. The molecule has 0 N–H and O–H groups in total.